The molecule has 0 bridgehead atoms. The number of hydrogen-bond donors (Lipinski definition) is 0. The Bertz CT molecular complexity index is 93.9. The van der Waals surface area contributed by atoms with Gasteiger partial charge in [0.05, 0.1) is 0 Å². The summed E-state index contributed by atoms with van der Waals surface area (Å²) in [5.74, 6) is 1.57. The summed E-state index contributed by atoms with van der Waals surface area (Å²) in [5, 5.41) is 0. The zero-order valence-corrected chi connectivity index (χ0v) is 9.50. The van der Waals surface area contributed by atoms with Crippen LogP contribution in [0.5, 0.6) is 0 Å². The molecule has 0 spiro atoms. The van der Waals surface area contributed by atoms with Crippen LogP contribution in [0.15, 0.2) is 0 Å². The Balaban J connectivity index is 3.68. The molecular formula is C8H19ClSi. The average Bonchev–Trinajstić information content (AvgIpc) is 1.60. The van der Waals surface area contributed by atoms with Crippen molar-refractivity contribution >= 4 is 18.5 Å². The SMILES string of the molecule is CC(C)C(C)C[Si](C)(C)Cl. The van der Waals surface area contributed by atoms with Gasteiger partial charge in [-0.3, -0.25) is 0 Å². The Morgan fingerprint density at radius 2 is 1.60 bits per heavy atom. The Hall–Kier alpha value is 0.507. The van der Waals surface area contributed by atoms with E-state index in [2.05, 4.69) is 33.9 Å². The maximum atomic E-state index is 6.21. The molecule has 0 aliphatic heterocycles. The van der Waals surface area contributed by atoms with Crippen LogP contribution < -0.4 is 0 Å². The molecule has 10 heavy (non-hydrogen) atoms. The van der Waals surface area contributed by atoms with E-state index < -0.39 is 7.38 Å². The Morgan fingerprint density at radius 3 is 1.70 bits per heavy atom. The molecule has 0 saturated heterocycles. The van der Waals surface area contributed by atoms with Gasteiger partial charge >= 0.3 is 0 Å². The fourth-order valence-electron chi connectivity index (χ4n) is 1.00. The first-order valence-electron chi connectivity index (χ1n) is 4.02. The third kappa shape index (κ3) is 5.30. The van der Waals surface area contributed by atoms with Gasteiger partial charge in [-0.2, -0.15) is 11.1 Å². The molecule has 0 N–H and O–H groups in total. The lowest BCUT2D eigenvalue weighted by Crippen LogP contribution is -2.22. The van der Waals surface area contributed by atoms with Crippen molar-refractivity contribution < 1.29 is 0 Å². The Labute approximate surface area is 70.7 Å². The maximum absolute atomic E-state index is 6.21. The Kier molecular flexibility index (Phi) is 3.96. The molecule has 0 radical (unpaired) electrons. The molecule has 0 aromatic heterocycles. The van der Waals surface area contributed by atoms with Gasteiger partial charge in [0.2, 0.25) is 0 Å². The smallest absolute Gasteiger partial charge is 0.150 e. The predicted octanol–water partition coefficient (Wildman–Crippen LogP) is 3.72. The van der Waals surface area contributed by atoms with Gasteiger partial charge in [-0.05, 0) is 17.9 Å². The summed E-state index contributed by atoms with van der Waals surface area (Å²) in [6.07, 6.45) is 0. The minimum absolute atomic E-state index is 0.783. The molecule has 0 nitrogen and oxygen atoms in total. The van der Waals surface area contributed by atoms with Gasteiger partial charge in [-0.25, -0.2) is 0 Å². The topological polar surface area (TPSA) is 0 Å². The monoisotopic (exact) mass is 178 g/mol. The predicted molar refractivity (Wildman–Crippen MR) is 52.1 cm³/mol. The van der Waals surface area contributed by atoms with Gasteiger partial charge in [0, 0.05) is 0 Å². The molecule has 0 heterocycles. The van der Waals surface area contributed by atoms with E-state index in [1.54, 1.807) is 0 Å². The van der Waals surface area contributed by atoms with E-state index in [4.69, 9.17) is 11.1 Å². The lowest BCUT2D eigenvalue weighted by molar-refractivity contribution is 0.453. The van der Waals surface area contributed by atoms with Crippen LogP contribution >= 0.6 is 11.1 Å². The van der Waals surface area contributed by atoms with Gasteiger partial charge in [-0.1, -0.05) is 33.9 Å². The highest BCUT2D eigenvalue weighted by Gasteiger charge is 2.21. The maximum Gasteiger partial charge on any atom is 0.150 e. The van der Waals surface area contributed by atoms with Crippen LogP contribution in [0.1, 0.15) is 20.8 Å². The molecule has 0 rings (SSSR count). The molecule has 0 amide bonds. The summed E-state index contributed by atoms with van der Waals surface area (Å²) in [6.45, 7) is 11.3. The van der Waals surface area contributed by atoms with E-state index in [9.17, 15) is 0 Å². The summed E-state index contributed by atoms with van der Waals surface area (Å²) in [6, 6.07) is 1.24. The fraction of sp³-hybridized carbons (Fsp3) is 1.00. The van der Waals surface area contributed by atoms with Gasteiger partial charge in [0.15, 0.2) is 7.38 Å². The highest BCUT2D eigenvalue weighted by Crippen LogP contribution is 2.25. The molecule has 0 aliphatic carbocycles. The van der Waals surface area contributed by atoms with E-state index in [0.717, 1.165) is 11.8 Å². The van der Waals surface area contributed by atoms with Crippen LogP contribution in [0.25, 0.3) is 0 Å². The summed E-state index contributed by atoms with van der Waals surface area (Å²) in [5.41, 5.74) is 0. The van der Waals surface area contributed by atoms with Gasteiger partial charge < -0.3 is 0 Å². The molecule has 0 aromatic rings. The number of rotatable bonds is 3. The minimum atomic E-state index is -1.31. The fourth-order valence-corrected chi connectivity index (χ4v) is 3.73. The van der Waals surface area contributed by atoms with Crippen LogP contribution in [0.3, 0.4) is 0 Å². The van der Waals surface area contributed by atoms with Crippen LogP contribution in [0, 0.1) is 11.8 Å². The van der Waals surface area contributed by atoms with Crippen molar-refractivity contribution in [2.24, 2.45) is 11.8 Å². The van der Waals surface area contributed by atoms with E-state index >= 15 is 0 Å². The summed E-state index contributed by atoms with van der Waals surface area (Å²) in [4.78, 5) is 0. The Morgan fingerprint density at radius 1 is 1.20 bits per heavy atom. The first kappa shape index (κ1) is 10.5. The van der Waals surface area contributed by atoms with Crippen molar-refractivity contribution in [1.29, 1.82) is 0 Å². The van der Waals surface area contributed by atoms with Gasteiger partial charge in [-0.15, -0.1) is 0 Å². The number of hydrogen-bond acceptors (Lipinski definition) is 0. The van der Waals surface area contributed by atoms with Gasteiger partial charge in [0.1, 0.15) is 0 Å². The molecular weight excluding hydrogens is 160 g/mol. The standard InChI is InChI=1S/C8H19ClSi/c1-7(2)8(3)6-10(4,5)9/h7-8H,6H2,1-5H3. The molecule has 62 valence electrons. The van der Waals surface area contributed by atoms with Crippen LogP contribution in [0.4, 0.5) is 0 Å². The van der Waals surface area contributed by atoms with Gasteiger partial charge in [0.25, 0.3) is 0 Å². The zero-order chi connectivity index (χ0) is 8.36. The first-order valence-corrected chi connectivity index (χ1v) is 8.24. The second-order valence-electron chi connectivity index (χ2n) is 4.14. The molecule has 1 unspecified atom stereocenters. The minimum Gasteiger partial charge on any atom is -0.168 e. The lowest BCUT2D eigenvalue weighted by Gasteiger charge is -2.21. The van der Waals surface area contributed by atoms with Crippen molar-refractivity contribution in [2.75, 3.05) is 0 Å². The summed E-state index contributed by atoms with van der Waals surface area (Å²) < 4.78 is 0. The third-order valence-electron chi connectivity index (χ3n) is 1.95. The average molecular weight is 179 g/mol. The van der Waals surface area contributed by atoms with Crippen molar-refractivity contribution in [3.05, 3.63) is 0 Å². The molecule has 0 fully saturated rings. The second kappa shape index (κ2) is 3.77. The molecule has 0 saturated carbocycles. The van der Waals surface area contributed by atoms with Crippen molar-refractivity contribution in [1.82, 2.24) is 0 Å². The largest absolute Gasteiger partial charge is 0.168 e. The van der Waals surface area contributed by atoms with Crippen LogP contribution in [-0.4, -0.2) is 7.38 Å². The second-order valence-corrected chi connectivity index (χ2v) is 11.1. The van der Waals surface area contributed by atoms with E-state index in [0.29, 0.717) is 0 Å². The van der Waals surface area contributed by atoms with E-state index in [-0.39, 0.29) is 0 Å². The molecule has 0 aromatic carbocycles. The number of halogens is 1. The lowest BCUT2D eigenvalue weighted by atomic mass is 10.0. The van der Waals surface area contributed by atoms with Crippen molar-refractivity contribution in [3.63, 3.8) is 0 Å². The highest BCUT2D eigenvalue weighted by atomic mass is 35.6. The first-order chi connectivity index (χ1) is 4.33. The normalized spacial score (nSPS) is 15.9. The quantitative estimate of drug-likeness (QED) is 0.457. The highest BCUT2D eigenvalue weighted by molar-refractivity contribution is 7.19. The summed E-state index contributed by atoms with van der Waals surface area (Å²) in [7, 11) is -1.31. The molecule has 2 heteroatoms. The summed E-state index contributed by atoms with van der Waals surface area (Å²) >= 11 is 6.21. The molecule has 1 atom stereocenters. The zero-order valence-electron chi connectivity index (χ0n) is 7.74. The van der Waals surface area contributed by atoms with E-state index in [1.807, 2.05) is 0 Å². The van der Waals surface area contributed by atoms with Crippen molar-refractivity contribution in [3.8, 4) is 0 Å². The third-order valence-corrected chi connectivity index (χ3v) is 4.02. The van der Waals surface area contributed by atoms with Crippen LogP contribution in [-0.2, 0) is 0 Å². The van der Waals surface area contributed by atoms with Crippen molar-refractivity contribution in [2.45, 2.75) is 39.9 Å². The molecule has 0 aliphatic rings. The van der Waals surface area contributed by atoms with E-state index in [1.165, 1.54) is 6.04 Å². The van der Waals surface area contributed by atoms with Crippen LogP contribution in [0.2, 0.25) is 19.1 Å².